The quantitative estimate of drug-likeness (QED) is 0.588. The number of likely N-dealkylation sites (tertiary alicyclic amines) is 1. The first kappa shape index (κ1) is 22.3. The van der Waals surface area contributed by atoms with Gasteiger partial charge in [-0.25, -0.2) is 0 Å². The third-order valence-corrected chi connectivity index (χ3v) is 5.79. The van der Waals surface area contributed by atoms with Crippen molar-refractivity contribution in [2.45, 2.75) is 39.2 Å². The maximum Gasteiger partial charge on any atom is 0.224 e. The van der Waals surface area contributed by atoms with E-state index in [-0.39, 0.29) is 11.7 Å². The standard InChI is InChI=1S/C24H29ClN2O3/c1-17(28)20-7-3-5-19(13-20)16-27-12-4-6-18(15-27)8-11-24(29)26-22-14-21(25)9-10-23(22)30-2/h3,5,7,9-10,13-14,18H,4,6,8,11-12,15-16H2,1-2H3,(H,26,29)/t18-/m1/s1. The van der Waals surface area contributed by atoms with Crippen molar-refractivity contribution < 1.29 is 14.3 Å². The fraction of sp³-hybridized carbons (Fsp3) is 0.417. The Morgan fingerprint density at radius 2 is 2.07 bits per heavy atom. The number of amides is 1. The van der Waals surface area contributed by atoms with Crippen molar-refractivity contribution in [3.8, 4) is 5.75 Å². The molecule has 1 amide bonds. The van der Waals surface area contributed by atoms with E-state index in [0.29, 0.717) is 28.8 Å². The number of nitrogens with zero attached hydrogens (tertiary/aromatic N) is 1. The van der Waals surface area contributed by atoms with Gasteiger partial charge in [-0.2, -0.15) is 0 Å². The molecule has 1 aliphatic rings. The second kappa shape index (κ2) is 10.6. The Balaban J connectivity index is 1.50. The summed E-state index contributed by atoms with van der Waals surface area (Å²) in [6.07, 6.45) is 3.57. The highest BCUT2D eigenvalue weighted by atomic mass is 35.5. The van der Waals surface area contributed by atoms with Crippen molar-refractivity contribution in [2.24, 2.45) is 5.92 Å². The fourth-order valence-electron chi connectivity index (χ4n) is 4.00. The Kier molecular flexibility index (Phi) is 7.88. The van der Waals surface area contributed by atoms with Crippen molar-refractivity contribution >= 4 is 29.0 Å². The van der Waals surface area contributed by atoms with Gasteiger partial charge in [0, 0.05) is 30.1 Å². The molecule has 1 aliphatic heterocycles. The predicted molar refractivity (Wildman–Crippen MR) is 120 cm³/mol. The van der Waals surface area contributed by atoms with Crippen LogP contribution in [0.15, 0.2) is 42.5 Å². The summed E-state index contributed by atoms with van der Waals surface area (Å²) in [5.41, 5.74) is 2.52. The molecule has 3 rings (SSSR count). The molecule has 0 bridgehead atoms. The third kappa shape index (κ3) is 6.31. The molecule has 0 saturated carbocycles. The molecule has 1 saturated heterocycles. The van der Waals surface area contributed by atoms with Crippen LogP contribution in [0, 0.1) is 5.92 Å². The number of ether oxygens (including phenoxy) is 1. The number of hydrogen-bond acceptors (Lipinski definition) is 4. The van der Waals surface area contributed by atoms with Gasteiger partial charge in [-0.05, 0) is 68.5 Å². The lowest BCUT2D eigenvalue weighted by molar-refractivity contribution is -0.116. The summed E-state index contributed by atoms with van der Waals surface area (Å²) in [6.45, 7) is 4.45. The van der Waals surface area contributed by atoms with Crippen LogP contribution in [-0.2, 0) is 11.3 Å². The Morgan fingerprint density at radius 3 is 2.83 bits per heavy atom. The number of piperidine rings is 1. The van der Waals surface area contributed by atoms with Crippen LogP contribution in [0.25, 0.3) is 0 Å². The van der Waals surface area contributed by atoms with E-state index >= 15 is 0 Å². The number of rotatable bonds is 8. The van der Waals surface area contributed by atoms with Crippen molar-refractivity contribution in [1.29, 1.82) is 0 Å². The number of carbonyl (C=O) groups is 2. The van der Waals surface area contributed by atoms with Gasteiger partial charge in [0.2, 0.25) is 5.91 Å². The van der Waals surface area contributed by atoms with Gasteiger partial charge in [-0.15, -0.1) is 0 Å². The number of carbonyl (C=O) groups excluding carboxylic acids is 2. The van der Waals surface area contributed by atoms with E-state index in [4.69, 9.17) is 16.3 Å². The SMILES string of the molecule is COc1ccc(Cl)cc1NC(=O)CC[C@H]1CCCN(Cc2cccc(C(C)=O)c2)C1. The minimum atomic E-state index is -0.0261. The highest BCUT2D eigenvalue weighted by Crippen LogP contribution is 2.28. The highest BCUT2D eigenvalue weighted by molar-refractivity contribution is 6.31. The molecule has 1 heterocycles. The zero-order valence-electron chi connectivity index (χ0n) is 17.6. The van der Waals surface area contributed by atoms with Crippen molar-refractivity contribution in [2.75, 3.05) is 25.5 Å². The smallest absolute Gasteiger partial charge is 0.224 e. The van der Waals surface area contributed by atoms with Gasteiger partial charge >= 0.3 is 0 Å². The number of anilines is 1. The molecule has 0 unspecified atom stereocenters. The maximum absolute atomic E-state index is 12.5. The Bertz CT molecular complexity index is 900. The van der Waals surface area contributed by atoms with Gasteiger partial charge < -0.3 is 10.1 Å². The summed E-state index contributed by atoms with van der Waals surface area (Å²) in [4.78, 5) is 26.5. The van der Waals surface area contributed by atoms with E-state index in [1.807, 2.05) is 18.2 Å². The molecule has 2 aromatic carbocycles. The molecule has 6 heteroatoms. The van der Waals surface area contributed by atoms with Crippen LogP contribution in [0.4, 0.5) is 5.69 Å². The molecular weight excluding hydrogens is 400 g/mol. The first-order chi connectivity index (χ1) is 14.4. The lowest BCUT2D eigenvalue weighted by Crippen LogP contribution is -2.35. The lowest BCUT2D eigenvalue weighted by atomic mass is 9.93. The number of ketones is 1. The Morgan fingerprint density at radius 1 is 1.23 bits per heavy atom. The van der Waals surface area contributed by atoms with E-state index in [0.717, 1.165) is 50.0 Å². The van der Waals surface area contributed by atoms with Crippen molar-refractivity contribution in [1.82, 2.24) is 4.90 Å². The second-order valence-corrected chi connectivity index (χ2v) is 8.37. The number of nitrogens with one attached hydrogen (secondary N) is 1. The molecule has 2 aromatic rings. The summed E-state index contributed by atoms with van der Waals surface area (Å²) >= 11 is 6.03. The van der Waals surface area contributed by atoms with Crippen LogP contribution in [-0.4, -0.2) is 36.8 Å². The normalized spacial score (nSPS) is 16.8. The minimum Gasteiger partial charge on any atom is -0.495 e. The van der Waals surface area contributed by atoms with Crippen LogP contribution in [0.3, 0.4) is 0 Å². The molecule has 1 atom stereocenters. The molecule has 1 fully saturated rings. The van der Waals surface area contributed by atoms with Crippen LogP contribution in [0.2, 0.25) is 5.02 Å². The predicted octanol–water partition coefficient (Wildman–Crippen LogP) is 5.18. The highest BCUT2D eigenvalue weighted by Gasteiger charge is 2.21. The van der Waals surface area contributed by atoms with E-state index in [1.54, 1.807) is 32.2 Å². The van der Waals surface area contributed by atoms with Gasteiger partial charge in [0.25, 0.3) is 0 Å². The second-order valence-electron chi connectivity index (χ2n) is 7.93. The van der Waals surface area contributed by atoms with Crippen LogP contribution < -0.4 is 10.1 Å². The summed E-state index contributed by atoms with van der Waals surface area (Å²) in [6, 6.07) is 13.0. The van der Waals surface area contributed by atoms with E-state index in [2.05, 4.69) is 16.3 Å². The molecular formula is C24H29ClN2O3. The zero-order valence-corrected chi connectivity index (χ0v) is 18.4. The summed E-state index contributed by atoms with van der Waals surface area (Å²) in [5.74, 6) is 1.16. The lowest BCUT2D eigenvalue weighted by Gasteiger charge is -2.32. The number of hydrogen-bond donors (Lipinski definition) is 1. The van der Waals surface area contributed by atoms with E-state index in [1.165, 1.54) is 0 Å². The summed E-state index contributed by atoms with van der Waals surface area (Å²) in [5, 5.41) is 3.47. The molecule has 0 radical (unpaired) electrons. The molecule has 1 N–H and O–H groups in total. The largest absolute Gasteiger partial charge is 0.495 e. The van der Waals surface area contributed by atoms with E-state index in [9.17, 15) is 9.59 Å². The van der Waals surface area contributed by atoms with Gasteiger partial charge in [-0.3, -0.25) is 14.5 Å². The van der Waals surface area contributed by atoms with Crippen molar-refractivity contribution in [3.05, 3.63) is 58.6 Å². The van der Waals surface area contributed by atoms with Crippen LogP contribution >= 0.6 is 11.6 Å². The molecule has 0 aliphatic carbocycles. The molecule has 0 aromatic heterocycles. The Labute approximate surface area is 183 Å². The molecule has 160 valence electrons. The van der Waals surface area contributed by atoms with Gasteiger partial charge in [0.05, 0.1) is 12.8 Å². The average Bonchev–Trinajstić information content (AvgIpc) is 2.73. The maximum atomic E-state index is 12.5. The molecule has 5 nitrogen and oxygen atoms in total. The Hall–Kier alpha value is -2.37. The summed E-state index contributed by atoms with van der Waals surface area (Å²) < 4.78 is 5.29. The topological polar surface area (TPSA) is 58.6 Å². The van der Waals surface area contributed by atoms with E-state index < -0.39 is 0 Å². The number of benzene rings is 2. The van der Waals surface area contributed by atoms with Gasteiger partial charge in [0.15, 0.2) is 5.78 Å². The number of methoxy groups -OCH3 is 1. The summed E-state index contributed by atoms with van der Waals surface area (Å²) in [7, 11) is 1.57. The van der Waals surface area contributed by atoms with Crippen LogP contribution in [0.1, 0.15) is 48.5 Å². The fourth-order valence-corrected chi connectivity index (χ4v) is 4.18. The van der Waals surface area contributed by atoms with Crippen molar-refractivity contribution in [3.63, 3.8) is 0 Å². The third-order valence-electron chi connectivity index (χ3n) is 5.56. The first-order valence-corrected chi connectivity index (χ1v) is 10.8. The first-order valence-electron chi connectivity index (χ1n) is 10.4. The molecule has 30 heavy (non-hydrogen) atoms. The zero-order chi connectivity index (χ0) is 21.5. The molecule has 0 spiro atoms. The minimum absolute atomic E-state index is 0.0261. The van der Waals surface area contributed by atoms with Gasteiger partial charge in [0.1, 0.15) is 5.75 Å². The number of Topliss-reactive ketones (excluding diaryl/α,β-unsaturated/α-hetero) is 1. The number of halogens is 1. The van der Waals surface area contributed by atoms with Gasteiger partial charge in [-0.1, -0.05) is 29.8 Å². The van der Waals surface area contributed by atoms with Crippen LogP contribution in [0.5, 0.6) is 5.75 Å². The monoisotopic (exact) mass is 428 g/mol. The average molecular weight is 429 g/mol.